The van der Waals surface area contributed by atoms with E-state index in [1.165, 1.54) is 5.56 Å². The van der Waals surface area contributed by atoms with Crippen molar-refractivity contribution in [2.75, 3.05) is 18.0 Å². The smallest absolute Gasteiger partial charge is 0.264 e. The van der Waals surface area contributed by atoms with Crippen LogP contribution in [0, 0.1) is 6.92 Å². The maximum Gasteiger partial charge on any atom is 0.264 e. The van der Waals surface area contributed by atoms with Crippen molar-refractivity contribution in [3.63, 3.8) is 0 Å². The molecule has 0 aromatic heterocycles. The first-order valence-corrected chi connectivity index (χ1v) is 12.4. The molecule has 0 bridgehead atoms. The van der Waals surface area contributed by atoms with Gasteiger partial charge in [0.15, 0.2) is 0 Å². The van der Waals surface area contributed by atoms with E-state index < -0.39 is 10.0 Å². The molecule has 1 aliphatic rings. The summed E-state index contributed by atoms with van der Waals surface area (Å²) in [7, 11) is -2.41. The molecule has 172 valence electrons. The molecule has 33 heavy (non-hydrogen) atoms. The van der Waals surface area contributed by atoms with Gasteiger partial charge in [-0.1, -0.05) is 42.0 Å². The first kappa shape index (κ1) is 22.9. The van der Waals surface area contributed by atoms with Crippen molar-refractivity contribution >= 4 is 21.6 Å². The molecule has 1 atom stereocenters. The number of carbonyl (C=O) groups is 1. The number of nitrogens with one attached hydrogen (secondary N) is 1. The minimum atomic E-state index is -3.96. The van der Waals surface area contributed by atoms with Crippen LogP contribution in [0.4, 0.5) is 5.69 Å². The molecule has 0 heterocycles. The lowest BCUT2D eigenvalue weighted by Gasteiger charge is -2.29. The summed E-state index contributed by atoms with van der Waals surface area (Å²) < 4.78 is 33.4. The van der Waals surface area contributed by atoms with Gasteiger partial charge in [-0.15, -0.1) is 0 Å². The summed E-state index contributed by atoms with van der Waals surface area (Å²) in [6, 6.07) is 21.2. The van der Waals surface area contributed by atoms with Crippen molar-refractivity contribution in [2.24, 2.45) is 0 Å². The van der Waals surface area contributed by atoms with Crippen molar-refractivity contribution in [3.05, 3.63) is 89.5 Å². The van der Waals surface area contributed by atoms with Gasteiger partial charge in [0.25, 0.3) is 10.0 Å². The highest BCUT2D eigenvalue weighted by Gasteiger charge is 2.29. The molecule has 0 saturated carbocycles. The molecule has 0 fully saturated rings. The first-order chi connectivity index (χ1) is 15.9. The van der Waals surface area contributed by atoms with Crippen LogP contribution in [0.3, 0.4) is 0 Å². The molecular formula is C26H28N2O4S. The third kappa shape index (κ3) is 5.03. The van der Waals surface area contributed by atoms with Gasteiger partial charge in [-0.2, -0.15) is 0 Å². The number of hydrogen-bond donors (Lipinski definition) is 1. The maximum absolute atomic E-state index is 13.5. The van der Waals surface area contributed by atoms with E-state index in [0.29, 0.717) is 11.4 Å². The normalized spacial score (nSPS) is 15.4. The second-order valence-corrected chi connectivity index (χ2v) is 10.1. The van der Waals surface area contributed by atoms with E-state index in [9.17, 15) is 13.2 Å². The Hall–Kier alpha value is -3.32. The predicted octanol–water partition coefficient (Wildman–Crippen LogP) is 4.39. The van der Waals surface area contributed by atoms with E-state index in [4.69, 9.17) is 4.74 Å². The zero-order valence-corrected chi connectivity index (χ0v) is 19.6. The lowest BCUT2D eigenvalue weighted by Crippen LogP contribution is -2.42. The Morgan fingerprint density at radius 2 is 1.73 bits per heavy atom. The third-order valence-electron chi connectivity index (χ3n) is 5.96. The van der Waals surface area contributed by atoms with Crippen molar-refractivity contribution in [2.45, 2.75) is 37.1 Å². The number of methoxy groups -OCH3 is 1. The van der Waals surface area contributed by atoms with Crippen molar-refractivity contribution in [3.8, 4) is 5.75 Å². The van der Waals surface area contributed by atoms with E-state index in [2.05, 4.69) is 11.4 Å². The van der Waals surface area contributed by atoms with Crippen molar-refractivity contribution in [1.82, 2.24) is 5.32 Å². The summed E-state index contributed by atoms with van der Waals surface area (Å²) in [6.45, 7) is 1.58. The number of aryl methyl sites for hydroxylation is 2. The number of fused-ring (bicyclic) bond motifs is 1. The molecule has 0 spiro atoms. The average Bonchev–Trinajstić information content (AvgIpc) is 2.83. The lowest BCUT2D eigenvalue weighted by molar-refractivity contribution is -0.120. The Labute approximate surface area is 195 Å². The van der Waals surface area contributed by atoms with Crippen LogP contribution in [0.5, 0.6) is 5.75 Å². The Morgan fingerprint density at radius 1 is 1.03 bits per heavy atom. The van der Waals surface area contributed by atoms with E-state index in [0.717, 1.165) is 34.7 Å². The van der Waals surface area contributed by atoms with Crippen LogP contribution in [0.1, 0.15) is 35.6 Å². The zero-order valence-electron chi connectivity index (χ0n) is 18.8. The van der Waals surface area contributed by atoms with Crippen LogP contribution in [-0.4, -0.2) is 28.0 Å². The van der Waals surface area contributed by atoms with Gasteiger partial charge in [0.05, 0.1) is 23.7 Å². The molecule has 7 heteroatoms. The zero-order chi connectivity index (χ0) is 23.4. The molecule has 0 unspecified atom stereocenters. The van der Waals surface area contributed by atoms with Crippen molar-refractivity contribution < 1.29 is 17.9 Å². The summed E-state index contributed by atoms with van der Waals surface area (Å²) in [6.07, 6.45) is 2.80. The fraction of sp³-hybridized carbons (Fsp3) is 0.269. The summed E-state index contributed by atoms with van der Waals surface area (Å²) in [4.78, 5) is 13.3. The summed E-state index contributed by atoms with van der Waals surface area (Å²) in [5, 5.41) is 3.06. The monoisotopic (exact) mass is 464 g/mol. The number of amides is 1. The Morgan fingerprint density at radius 3 is 2.42 bits per heavy atom. The Kier molecular flexibility index (Phi) is 6.70. The van der Waals surface area contributed by atoms with Crippen LogP contribution in [0.15, 0.2) is 77.7 Å². The largest absolute Gasteiger partial charge is 0.497 e. The average molecular weight is 465 g/mol. The molecule has 3 aromatic rings. The van der Waals surface area contributed by atoms with E-state index in [1.807, 2.05) is 25.1 Å². The highest BCUT2D eigenvalue weighted by Crippen LogP contribution is 2.30. The van der Waals surface area contributed by atoms with Gasteiger partial charge < -0.3 is 10.1 Å². The number of hydrogen-bond acceptors (Lipinski definition) is 4. The van der Waals surface area contributed by atoms with Gasteiger partial charge in [-0.05, 0) is 73.7 Å². The minimum Gasteiger partial charge on any atom is -0.497 e. The van der Waals surface area contributed by atoms with Gasteiger partial charge in [0, 0.05) is 0 Å². The second-order valence-electron chi connectivity index (χ2n) is 8.23. The minimum absolute atomic E-state index is 0.123. The fourth-order valence-corrected chi connectivity index (χ4v) is 5.60. The number of nitrogens with zero attached hydrogens (tertiary/aromatic N) is 1. The van der Waals surface area contributed by atoms with Gasteiger partial charge in [-0.25, -0.2) is 8.42 Å². The molecular weight excluding hydrogens is 436 g/mol. The Bertz CT molecular complexity index is 1220. The van der Waals surface area contributed by atoms with Crippen LogP contribution >= 0.6 is 0 Å². The number of rotatable bonds is 7. The summed E-state index contributed by atoms with van der Waals surface area (Å²) >= 11 is 0. The molecule has 0 aliphatic heterocycles. The highest BCUT2D eigenvalue weighted by atomic mass is 32.2. The lowest BCUT2D eigenvalue weighted by atomic mass is 9.88. The van der Waals surface area contributed by atoms with E-state index in [1.54, 1.807) is 55.6 Å². The van der Waals surface area contributed by atoms with Crippen LogP contribution in [0.2, 0.25) is 0 Å². The molecule has 1 amide bonds. The first-order valence-electron chi connectivity index (χ1n) is 11.0. The molecule has 4 rings (SSSR count). The number of carbonyl (C=O) groups excluding carboxylic acids is 1. The highest BCUT2D eigenvalue weighted by molar-refractivity contribution is 7.92. The quantitative estimate of drug-likeness (QED) is 0.563. The third-order valence-corrected chi connectivity index (χ3v) is 7.75. The topological polar surface area (TPSA) is 75.7 Å². The summed E-state index contributed by atoms with van der Waals surface area (Å²) in [5.74, 6) is 0.262. The number of sulfonamides is 1. The van der Waals surface area contributed by atoms with Crippen LogP contribution < -0.4 is 14.4 Å². The second kappa shape index (κ2) is 9.67. The maximum atomic E-state index is 13.5. The molecule has 0 radical (unpaired) electrons. The van der Waals surface area contributed by atoms with Gasteiger partial charge >= 0.3 is 0 Å². The van der Waals surface area contributed by atoms with Gasteiger partial charge in [0.2, 0.25) is 5.91 Å². The fourth-order valence-electron chi connectivity index (χ4n) is 4.18. The number of anilines is 1. The van der Waals surface area contributed by atoms with E-state index in [-0.39, 0.29) is 23.4 Å². The van der Waals surface area contributed by atoms with Gasteiger partial charge in [0.1, 0.15) is 12.3 Å². The van der Waals surface area contributed by atoms with Crippen LogP contribution in [0.25, 0.3) is 0 Å². The van der Waals surface area contributed by atoms with Crippen molar-refractivity contribution in [1.29, 1.82) is 0 Å². The standard InChI is InChI=1S/C26H28N2O4S/c1-19-10-16-23(17-11-19)33(30,31)28(21-12-14-22(32-2)15-13-21)18-26(29)27-25-9-5-7-20-6-3-4-8-24(20)25/h3-4,6,8,10-17,25H,5,7,9,18H2,1-2H3,(H,27,29)/t25-/m1/s1. The van der Waals surface area contributed by atoms with Crippen LogP contribution in [-0.2, 0) is 21.2 Å². The molecule has 6 nitrogen and oxygen atoms in total. The summed E-state index contributed by atoms with van der Waals surface area (Å²) in [5.41, 5.74) is 3.69. The molecule has 0 saturated heterocycles. The number of benzene rings is 3. The Balaban J connectivity index is 1.62. The van der Waals surface area contributed by atoms with E-state index >= 15 is 0 Å². The SMILES string of the molecule is COc1ccc(N(CC(=O)N[C@@H]2CCCc3ccccc32)S(=O)(=O)c2ccc(C)cc2)cc1. The van der Waals surface area contributed by atoms with Gasteiger partial charge in [-0.3, -0.25) is 9.10 Å². The predicted molar refractivity (Wildman–Crippen MR) is 129 cm³/mol. The molecule has 1 aliphatic carbocycles. The molecule has 3 aromatic carbocycles. The number of ether oxygens (including phenoxy) is 1. The molecule has 1 N–H and O–H groups in total.